The Bertz CT molecular complexity index is 364. The molecule has 0 spiro atoms. The van der Waals surface area contributed by atoms with Crippen molar-refractivity contribution in [2.24, 2.45) is 0 Å². The fourth-order valence-corrected chi connectivity index (χ4v) is 2.51. The topological polar surface area (TPSA) is 3.24 Å². The molecule has 0 aromatic heterocycles. The van der Waals surface area contributed by atoms with Crippen LogP contribution in [0, 0.1) is 0 Å². The summed E-state index contributed by atoms with van der Waals surface area (Å²) in [4.78, 5) is 2.45. The Morgan fingerprint density at radius 2 is 1.83 bits per heavy atom. The van der Waals surface area contributed by atoms with E-state index < -0.39 is 0 Å². The second kappa shape index (κ2) is 7.25. The van der Waals surface area contributed by atoms with Gasteiger partial charge in [0.15, 0.2) is 0 Å². The Hall–Kier alpha value is -1.24. The van der Waals surface area contributed by atoms with E-state index in [1.165, 1.54) is 49.8 Å². The van der Waals surface area contributed by atoms with Crippen LogP contribution >= 0.6 is 0 Å². The van der Waals surface area contributed by atoms with E-state index in [9.17, 15) is 0 Å². The van der Waals surface area contributed by atoms with Crippen LogP contribution in [0.1, 0.15) is 44.6 Å². The van der Waals surface area contributed by atoms with Gasteiger partial charge in [-0.15, -0.1) is 0 Å². The van der Waals surface area contributed by atoms with Crippen LogP contribution in [0.3, 0.4) is 0 Å². The summed E-state index contributed by atoms with van der Waals surface area (Å²) in [7, 11) is 0. The van der Waals surface area contributed by atoms with Crippen LogP contribution in [0.15, 0.2) is 36.4 Å². The van der Waals surface area contributed by atoms with Crippen molar-refractivity contribution >= 4 is 5.69 Å². The third-order valence-corrected chi connectivity index (χ3v) is 3.68. The lowest BCUT2D eigenvalue weighted by atomic mass is 10.1. The summed E-state index contributed by atoms with van der Waals surface area (Å²) < 4.78 is 0. The number of rotatable bonds is 6. The minimum Gasteiger partial charge on any atom is -0.368 e. The summed E-state index contributed by atoms with van der Waals surface area (Å²) in [6.45, 7) is 4.49. The van der Waals surface area contributed by atoms with Gasteiger partial charge in [-0.3, -0.25) is 0 Å². The average Bonchev–Trinajstić information content (AvgIpc) is 2.45. The second-order valence-corrected chi connectivity index (χ2v) is 5.18. The summed E-state index contributed by atoms with van der Waals surface area (Å²) in [5.74, 6) is 0. The number of nitrogens with zero attached hydrogens (tertiary/aromatic N) is 1. The van der Waals surface area contributed by atoms with E-state index in [2.05, 4.69) is 48.2 Å². The van der Waals surface area contributed by atoms with Crippen molar-refractivity contribution in [2.75, 3.05) is 18.0 Å². The van der Waals surface area contributed by atoms with Crippen LogP contribution in [-0.2, 0) is 6.42 Å². The summed E-state index contributed by atoms with van der Waals surface area (Å²) in [6.07, 6.45) is 12.4. The normalized spacial score (nSPS) is 15.1. The van der Waals surface area contributed by atoms with E-state index in [0.29, 0.717) is 0 Å². The zero-order valence-electron chi connectivity index (χ0n) is 11.6. The fourth-order valence-electron chi connectivity index (χ4n) is 2.51. The molecule has 18 heavy (non-hydrogen) atoms. The highest BCUT2D eigenvalue weighted by Crippen LogP contribution is 2.18. The van der Waals surface area contributed by atoms with E-state index >= 15 is 0 Å². The first-order valence-electron chi connectivity index (χ1n) is 7.39. The van der Waals surface area contributed by atoms with Gasteiger partial charge in [-0.1, -0.05) is 50.5 Å². The minimum absolute atomic E-state index is 1.07. The van der Waals surface area contributed by atoms with Crippen LogP contribution < -0.4 is 4.90 Å². The SMILES string of the molecule is CCCCCCc1ccc(N2CC=CCC2)cc1. The van der Waals surface area contributed by atoms with E-state index in [-0.39, 0.29) is 0 Å². The van der Waals surface area contributed by atoms with E-state index in [0.717, 1.165) is 13.1 Å². The molecule has 0 radical (unpaired) electrons. The van der Waals surface area contributed by atoms with Gasteiger partial charge in [0.05, 0.1) is 0 Å². The summed E-state index contributed by atoms with van der Waals surface area (Å²) in [6, 6.07) is 9.18. The molecule has 1 aliphatic heterocycles. The lowest BCUT2D eigenvalue weighted by Crippen LogP contribution is -2.26. The quantitative estimate of drug-likeness (QED) is 0.522. The average molecular weight is 243 g/mol. The Kier molecular flexibility index (Phi) is 5.32. The van der Waals surface area contributed by atoms with Gasteiger partial charge in [0.1, 0.15) is 0 Å². The van der Waals surface area contributed by atoms with Gasteiger partial charge in [-0.25, -0.2) is 0 Å². The lowest BCUT2D eigenvalue weighted by molar-refractivity contribution is 0.667. The predicted octanol–water partition coefficient (Wildman–Crippen LogP) is 4.58. The molecular weight excluding hydrogens is 218 g/mol. The second-order valence-electron chi connectivity index (χ2n) is 5.18. The summed E-state index contributed by atoms with van der Waals surface area (Å²) in [5.41, 5.74) is 2.86. The molecule has 0 saturated carbocycles. The third kappa shape index (κ3) is 3.90. The standard InChI is InChI=1S/C17H25N/c1-2-3-4-6-9-16-10-12-17(13-11-16)18-14-7-5-8-15-18/h5,7,10-13H,2-4,6,8-9,14-15H2,1H3. The molecule has 0 atom stereocenters. The molecule has 0 saturated heterocycles. The maximum Gasteiger partial charge on any atom is 0.0369 e. The Labute approximate surface area is 112 Å². The number of hydrogen-bond acceptors (Lipinski definition) is 1. The smallest absolute Gasteiger partial charge is 0.0369 e. The van der Waals surface area contributed by atoms with Crippen molar-refractivity contribution in [2.45, 2.75) is 45.4 Å². The van der Waals surface area contributed by atoms with Gasteiger partial charge in [-0.05, 0) is 37.0 Å². The predicted molar refractivity (Wildman–Crippen MR) is 80.3 cm³/mol. The maximum atomic E-state index is 2.45. The molecule has 1 aliphatic rings. The number of benzene rings is 1. The molecule has 0 bridgehead atoms. The molecule has 1 aromatic carbocycles. The molecule has 0 fully saturated rings. The van der Waals surface area contributed by atoms with Gasteiger partial charge < -0.3 is 4.90 Å². The van der Waals surface area contributed by atoms with Crippen LogP contribution in [0.25, 0.3) is 0 Å². The third-order valence-electron chi connectivity index (χ3n) is 3.68. The molecule has 0 amide bonds. The molecule has 2 rings (SSSR count). The molecular formula is C17H25N. The number of unbranched alkanes of at least 4 members (excludes halogenated alkanes) is 3. The van der Waals surface area contributed by atoms with Crippen LogP contribution in [0.2, 0.25) is 0 Å². The molecule has 0 aliphatic carbocycles. The Morgan fingerprint density at radius 1 is 1.00 bits per heavy atom. The molecule has 0 N–H and O–H groups in total. The number of aryl methyl sites for hydroxylation is 1. The zero-order valence-corrected chi connectivity index (χ0v) is 11.6. The summed E-state index contributed by atoms with van der Waals surface area (Å²) in [5, 5.41) is 0. The molecule has 1 nitrogen and oxygen atoms in total. The van der Waals surface area contributed by atoms with E-state index in [1.54, 1.807) is 0 Å². The fraction of sp³-hybridized carbons (Fsp3) is 0.529. The Morgan fingerprint density at radius 3 is 2.50 bits per heavy atom. The Balaban J connectivity index is 1.83. The van der Waals surface area contributed by atoms with Crippen molar-refractivity contribution in [3.8, 4) is 0 Å². The zero-order chi connectivity index (χ0) is 12.6. The highest BCUT2D eigenvalue weighted by molar-refractivity contribution is 5.48. The lowest BCUT2D eigenvalue weighted by Gasteiger charge is -2.25. The maximum absolute atomic E-state index is 2.45. The van der Waals surface area contributed by atoms with Crippen molar-refractivity contribution in [1.29, 1.82) is 0 Å². The molecule has 1 heterocycles. The van der Waals surface area contributed by atoms with Gasteiger partial charge in [0, 0.05) is 18.8 Å². The van der Waals surface area contributed by atoms with Crippen molar-refractivity contribution in [3.63, 3.8) is 0 Å². The highest BCUT2D eigenvalue weighted by Gasteiger charge is 2.06. The minimum atomic E-state index is 1.07. The van der Waals surface area contributed by atoms with Crippen LogP contribution in [0.5, 0.6) is 0 Å². The van der Waals surface area contributed by atoms with Gasteiger partial charge >= 0.3 is 0 Å². The molecule has 0 unspecified atom stereocenters. The van der Waals surface area contributed by atoms with Gasteiger partial charge in [0.2, 0.25) is 0 Å². The van der Waals surface area contributed by atoms with Gasteiger partial charge in [0.25, 0.3) is 0 Å². The van der Waals surface area contributed by atoms with Crippen molar-refractivity contribution < 1.29 is 0 Å². The van der Waals surface area contributed by atoms with Gasteiger partial charge in [-0.2, -0.15) is 0 Å². The van der Waals surface area contributed by atoms with Crippen molar-refractivity contribution in [1.82, 2.24) is 0 Å². The highest BCUT2D eigenvalue weighted by atomic mass is 15.1. The monoisotopic (exact) mass is 243 g/mol. The van der Waals surface area contributed by atoms with Crippen LogP contribution in [-0.4, -0.2) is 13.1 Å². The van der Waals surface area contributed by atoms with Crippen LogP contribution in [0.4, 0.5) is 5.69 Å². The number of anilines is 1. The first-order chi connectivity index (χ1) is 8.90. The molecule has 1 heteroatoms. The van der Waals surface area contributed by atoms with Crippen molar-refractivity contribution in [3.05, 3.63) is 42.0 Å². The van der Waals surface area contributed by atoms with E-state index in [4.69, 9.17) is 0 Å². The molecule has 98 valence electrons. The van der Waals surface area contributed by atoms with E-state index in [1.807, 2.05) is 0 Å². The largest absolute Gasteiger partial charge is 0.368 e. The molecule has 1 aromatic rings. The summed E-state index contributed by atoms with van der Waals surface area (Å²) >= 11 is 0. The number of hydrogen-bond donors (Lipinski definition) is 0. The first-order valence-corrected chi connectivity index (χ1v) is 7.39. The first kappa shape index (κ1) is 13.2.